The number of benzene rings is 2. The van der Waals surface area contributed by atoms with Crippen LogP contribution in [0.1, 0.15) is 15.9 Å². The first kappa shape index (κ1) is 14.5. The number of methoxy groups -OCH3 is 1. The van der Waals surface area contributed by atoms with Gasteiger partial charge in [0.1, 0.15) is 5.82 Å². The first-order chi connectivity index (χ1) is 10.1. The smallest absolute Gasteiger partial charge is 0.271 e. The molecule has 0 fully saturated rings. The van der Waals surface area contributed by atoms with Gasteiger partial charge in [0.15, 0.2) is 11.5 Å². The Bertz CT molecular complexity index is 669. The molecule has 0 saturated heterocycles. The number of hydrogen-bond acceptors (Lipinski definition) is 4. The molecule has 21 heavy (non-hydrogen) atoms. The molecule has 6 heteroatoms. The predicted molar refractivity (Wildman–Crippen MR) is 76.1 cm³/mol. The van der Waals surface area contributed by atoms with Gasteiger partial charge < -0.3 is 9.84 Å². The highest BCUT2D eigenvalue weighted by molar-refractivity contribution is 5.95. The van der Waals surface area contributed by atoms with Gasteiger partial charge in [0.2, 0.25) is 0 Å². The summed E-state index contributed by atoms with van der Waals surface area (Å²) in [5, 5.41) is 13.2. The van der Waals surface area contributed by atoms with Crippen LogP contribution in [0, 0.1) is 5.82 Å². The Hall–Kier alpha value is -2.89. The molecule has 0 aromatic heterocycles. The van der Waals surface area contributed by atoms with Crippen LogP contribution in [0.2, 0.25) is 0 Å². The van der Waals surface area contributed by atoms with Crippen molar-refractivity contribution in [3.63, 3.8) is 0 Å². The van der Waals surface area contributed by atoms with E-state index in [1.165, 1.54) is 55.8 Å². The summed E-state index contributed by atoms with van der Waals surface area (Å²) in [6.07, 6.45) is 1.40. The molecule has 0 atom stereocenters. The van der Waals surface area contributed by atoms with Gasteiger partial charge in [-0.15, -0.1) is 0 Å². The maximum atomic E-state index is 12.7. The van der Waals surface area contributed by atoms with E-state index >= 15 is 0 Å². The molecule has 0 bridgehead atoms. The van der Waals surface area contributed by atoms with Crippen molar-refractivity contribution in [2.45, 2.75) is 0 Å². The zero-order valence-electron chi connectivity index (χ0n) is 11.2. The third-order valence-corrected chi connectivity index (χ3v) is 2.69. The van der Waals surface area contributed by atoms with Gasteiger partial charge in [-0.25, -0.2) is 9.82 Å². The van der Waals surface area contributed by atoms with Gasteiger partial charge in [-0.1, -0.05) is 12.1 Å². The standard InChI is InChI=1S/C15H13FN2O3/c1-21-14-8-11(4-7-13(14)19)15(20)18-17-9-10-2-5-12(16)6-3-10/h2-9,19H,1H3,(H,18,20)/b17-9+. The van der Waals surface area contributed by atoms with Crippen molar-refractivity contribution in [2.24, 2.45) is 5.10 Å². The summed E-state index contributed by atoms with van der Waals surface area (Å²) >= 11 is 0. The number of carbonyl (C=O) groups is 1. The molecule has 0 saturated carbocycles. The first-order valence-electron chi connectivity index (χ1n) is 6.06. The number of amides is 1. The number of rotatable bonds is 4. The Balaban J connectivity index is 2.03. The van der Waals surface area contributed by atoms with E-state index in [9.17, 15) is 14.3 Å². The van der Waals surface area contributed by atoms with Crippen molar-refractivity contribution >= 4 is 12.1 Å². The molecule has 0 aliphatic heterocycles. The van der Waals surface area contributed by atoms with Crippen LogP contribution in [0.4, 0.5) is 4.39 Å². The number of phenolic OH excluding ortho intramolecular Hbond substituents is 1. The number of nitrogens with one attached hydrogen (secondary N) is 1. The number of ether oxygens (including phenoxy) is 1. The highest BCUT2D eigenvalue weighted by Crippen LogP contribution is 2.26. The molecule has 2 rings (SSSR count). The molecule has 108 valence electrons. The highest BCUT2D eigenvalue weighted by atomic mass is 19.1. The quantitative estimate of drug-likeness (QED) is 0.670. The lowest BCUT2D eigenvalue weighted by Gasteiger charge is -2.05. The number of phenols is 1. The Morgan fingerprint density at radius 3 is 2.67 bits per heavy atom. The van der Waals surface area contributed by atoms with Crippen molar-refractivity contribution in [1.29, 1.82) is 0 Å². The Kier molecular flexibility index (Phi) is 4.50. The Morgan fingerprint density at radius 2 is 2.00 bits per heavy atom. The number of halogens is 1. The van der Waals surface area contributed by atoms with Gasteiger partial charge in [0.05, 0.1) is 13.3 Å². The second-order valence-electron chi connectivity index (χ2n) is 4.14. The number of hydrogen-bond donors (Lipinski definition) is 2. The van der Waals surface area contributed by atoms with E-state index < -0.39 is 5.91 Å². The Morgan fingerprint density at radius 1 is 1.29 bits per heavy atom. The second-order valence-corrected chi connectivity index (χ2v) is 4.14. The minimum absolute atomic E-state index is 0.0520. The summed E-state index contributed by atoms with van der Waals surface area (Å²) in [6, 6.07) is 9.88. The maximum absolute atomic E-state index is 12.7. The maximum Gasteiger partial charge on any atom is 0.271 e. The average Bonchev–Trinajstić information content (AvgIpc) is 2.49. The third kappa shape index (κ3) is 3.79. The molecule has 2 aromatic rings. The summed E-state index contributed by atoms with van der Waals surface area (Å²) in [4.78, 5) is 11.8. The number of aromatic hydroxyl groups is 1. The Labute approximate surface area is 120 Å². The molecular formula is C15H13FN2O3. The molecule has 0 heterocycles. The van der Waals surface area contributed by atoms with Crippen LogP contribution < -0.4 is 10.2 Å². The summed E-state index contributed by atoms with van der Waals surface area (Å²) in [5.41, 5.74) is 3.28. The van der Waals surface area contributed by atoms with Gasteiger partial charge in [0, 0.05) is 5.56 Å². The van der Waals surface area contributed by atoms with E-state index in [0.717, 1.165) is 0 Å². The fourth-order valence-electron chi connectivity index (χ4n) is 1.60. The lowest BCUT2D eigenvalue weighted by atomic mass is 10.2. The van der Waals surface area contributed by atoms with Crippen LogP contribution in [0.5, 0.6) is 11.5 Å². The van der Waals surface area contributed by atoms with E-state index in [1.54, 1.807) is 0 Å². The largest absolute Gasteiger partial charge is 0.504 e. The summed E-state index contributed by atoms with van der Waals surface area (Å²) in [6.45, 7) is 0. The SMILES string of the molecule is COc1cc(C(=O)N/N=C/c2ccc(F)cc2)ccc1O. The van der Waals surface area contributed by atoms with Gasteiger partial charge in [-0.3, -0.25) is 4.79 Å². The topological polar surface area (TPSA) is 70.9 Å². The van der Waals surface area contributed by atoms with E-state index in [2.05, 4.69) is 10.5 Å². The van der Waals surface area contributed by atoms with Crippen LogP contribution in [0.3, 0.4) is 0 Å². The lowest BCUT2D eigenvalue weighted by Crippen LogP contribution is -2.17. The highest BCUT2D eigenvalue weighted by Gasteiger charge is 2.08. The van der Waals surface area contributed by atoms with E-state index in [0.29, 0.717) is 11.1 Å². The molecule has 1 amide bonds. The average molecular weight is 288 g/mol. The molecule has 0 aliphatic rings. The number of hydrazone groups is 1. The minimum Gasteiger partial charge on any atom is -0.504 e. The van der Waals surface area contributed by atoms with Crippen molar-refractivity contribution in [3.05, 3.63) is 59.4 Å². The van der Waals surface area contributed by atoms with Crippen molar-refractivity contribution in [1.82, 2.24) is 5.43 Å². The molecule has 0 unspecified atom stereocenters. The monoisotopic (exact) mass is 288 g/mol. The van der Waals surface area contributed by atoms with Gasteiger partial charge in [-0.05, 0) is 35.9 Å². The van der Waals surface area contributed by atoms with Gasteiger partial charge in [-0.2, -0.15) is 5.10 Å². The van der Waals surface area contributed by atoms with E-state index in [4.69, 9.17) is 4.74 Å². The summed E-state index contributed by atoms with van der Waals surface area (Å²) in [7, 11) is 1.39. The van der Waals surface area contributed by atoms with E-state index in [-0.39, 0.29) is 17.3 Å². The van der Waals surface area contributed by atoms with Crippen LogP contribution in [0.25, 0.3) is 0 Å². The number of carbonyl (C=O) groups excluding carboxylic acids is 1. The molecule has 5 nitrogen and oxygen atoms in total. The molecule has 2 aromatic carbocycles. The number of nitrogens with zero attached hydrogens (tertiary/aromatic N) is 1. The minimum atomic E-state index is -0.452. The lowest BCUT2D eigenvalue weighted by molar-refractivity contribution is 0.0954. The normalized spacial score (nSPS) is 10.6. The van der Waals surface area contributed by atoms with Crippen LogP contribution in [-0.2, 0) is 0 Å². The second kappa shape index (κ2) is 6.51. The summed E-state index contributed by atoms with van der Waals surface area (Å²) in [5.74, 6) is -0.645. The molecule has 0 spiro atoms. The van der Waals surface area contributed by atoms with Gasteiger partial charge >= 0.3 is 0 Å². The molecular weight excluding hydrogens is 275 g/mol. The fraction of sp³-hybridized carbons (Fsp3) is 0.0667. The fourth-order valence-corrected chi connectivity index (χ4v) is 1.60. The van der Waals surface area contributed by atoms with Crippen LogP contribution in [0.15, 0.2) is 47.6 Å². The molecule has 2 N–H and O–H groups in total. The predicted octanol–water partition coefficient (Wildman–Crippen LogP) is 2.30. The molecule has 0 aliphatic carbocycles. The van der Waals surface area contributed by atoms with Crippen LogP contribution in [-0.4, -0.2) is 24.3 Å². The van der Waals surface area contributed by atoms with Gasteiger partial charge in [0.25, 0.3) is 5.91 Å². The van der Waals surface area contributed by atoms with Crippen LogP contribution >= 0.6 is 0 Å². The van der Waals surface area contributed by atoms with Crippen molar-refractivity contribution in [2.75, 3.05) is 7.11 Å². The first-order valence-corrected chi connectivity index (χ1v) is 6.06. The third-order valence-electron chi connectivity index (χ3n) is 2.69. The van der Waals surface area contributed by atoms with Crippen molar-refractivity contribution < 1.29 is 19.0 Å². The molecule has 0 radical (unpaired) electrons. The van der Waals surface area contributed by atoms with E-state index in [1.807, 2.05) is 0 Å². The summed E-state index contributed by atoms with van der Waals surface area (Å²) < 4.78 is 17.6. The zero-order valence-corrected chi connectivity index (χ0v) is 11.2. The zero-order chi connectivity index (χ0) is 15.2. The van der Waals surface area contributed by atoms with Crippen molar-refractivity contribution in [3.8, 4) is 11.5 Å².